The molecule has 0 atom stereocenters. The molecule has 0 saturated carbocycles. The lowest BCUT2D eigenvalue weighted by Crippen LogP contribution is -2.20. The van der Waals surface area contributed by atoms with E-state index in [0.717, 1.165) is 0 Å². The van der Waals surface area contributed by atoms with Gasteiger partial charge in [-0.3, -0.25) is 9.78 Å². The maximum Gasteiger partial charge on any atom is 0.573 e. The highest BCUT2D eigenvalue weighted by atomic mass is 127. The number of alkyl halides is 5. The number of halogens is 6. The zero-order chi connectivity index (χ0) is 16.2. The summed E-state index contributed by atoms with van der Waals surface area (Å²) < 4.78 is 70.3. The minimum atomic E-state index is -5.03. The SMILES string of the molecule is CCOC(=O)Cc1c(OC(F)(F)F)cnc(C(F)F)c1I. The summed E-state index contributed by atoms with van der Waals surface area (Å²) in [4.78, 5) is 14.6. The van der Waals surface area contributed by atoms with Crippen molar-refractivity contribution in [2.45, 2.75) is 26.1 Å². The molecule has 1 aromatic rings. The molecule has 21 heavy (non-hydrogen) atoms. The van der Waals surface area contributed by atoms with Crippen molar-refractivity contribution in [1.29, 1.82) is 0 Å². The van der Waals surface area contributed by atoms with Crippen molar-refractivity contribution in [3.8, 4) is 5.75 Å². The minimum absolute atomic E-state index is 0.0116. The first-order valence-electron chi connectivity index (χ1n) is 5.52. The highest BCUT2D eigenvalue weighted by Gasteiger charge is 2.34. The molecule has 0 radical (unpaired) electrons. The van der Waals surface area contributed by atoms with Crippen LogP contribution in [-0.4, -0.2) is 23.9 Å². The first-order chi connectivity index (χ1) is 9.65. The summed E-state index contributed by atoms with van der Waals surface area (Å²) in [5.74, 6) is -1.65. The van der Waals surface area contributed by atoms with Crippen LogP contribution in [-0.2, 0) is 16.0 Å². The van der Waals surface area contributed by atoms with Crippen molar-refractivity contribution >= 4 is 28.6 Å². The molecular weight excluding hydrogens is 416 g/mol. The van der Waals surface area contributed by atoms with Gasteiger partial charge in [0.25, 0.3) is 6.43 Å². The van der Waals surface area contributed by atoms with Crippen LogP contribution in [0.15, 0.2) is 6.20 Å². The number of hydrogen-bond donors (Lipinski definition) is 0. The van der Waals surface area contributed by atoms with Crippen LogP contribution in [0.4, 0.5) is 22.0 Å². The van der Waals surface area contributed by atoms with Gasteiger partial charge in [-0.05, 0) is 29.5 Å². The molecule has 4 nitrogen and oxygen atoms in total. The summed E-state index contributed by atoms with van der Waals surface area (Å²) in [5, 5.41) is 0. The third-order valence-corrected chi connectivity index (χ3v) is 3.37. The number of rotatable bonds is 5. The number of carbonyl (C=O) groups excluding carboxylic acids is 1. The van der Waals surface area contributed by atoms with Gasteiger partial charge in [0, 0.05) is 9.13 Å². The standard InChI is InChI=1S/C11H9F5INO3/c1-2-20-7(19)3-5-6(21-11(14,15)16)4-18-9(8(5)17)10(12)13/h4,10H,2-3H2,1H3. The average Bonchev–Trinajstić information content (AvgIpc) is 2.32. The molecule has 0 amide bonds. The van der Waals surface area contributed by atoms with Crippen molar-refractivity contribution in [2.75, 3.05) is 6.61 Å². The van der Waals surface area contributed by atoms with Gasteiger partial charge in [0.15, 0.2) is 5.75 Å². The van der Waals surface area contributed by atoms with Crippen LogP contribution < -0.4 is 4.74 Å². The van der Waals surface area contributed by atoms with Crippen LogP contribution in [0.5, 0.6) is 5.75 Å². The Morgan fingerprint density at radius 3 is 2.52 bits per heavy atom. The third-order valence-electron chi connectivity index (χ3n) is 2.17. The van der Waals surface area contributed by atoms with Crippen molar-refractivity contribution in [3.05, 3.63) is 21.0 Å². The molecule has 10 heteroatoms. The summed E-state index contributed by atoms with van der Waals surface area (Å²) in [6, 6.07) is 0. The van der Waals surface area contributed by atoms with Crippen molar-refractivity contribution in [1.82, 2.24) is 4.98 Å². The van der Waals surface area contributed by atoms with E-state index in [-0.39, 0.29) is 15.7 Å². The lowest BCUT2D eigenvalue weighted by Gasteiger charge is -2.15. The molecule has 0 aliphatic heterocycles. The molecule has 1 heterocycles. The first kappa shape index (κ1) is 17.9. The molecule has 0 spiro atoms. The van der Waals surface area contributed by atoms with E-state index in [1.165, 1.54) is 29.5 Å². The Morgan fingerprint density at radius 1 is 1.43 bits per heavy atom. The van der Waals surface area contributed by atoms with Crippen LogP contribution in [0.25, 0.3) is 0 Å². The smallest absolute Gasteiger partial charge is 0.466 e. The summed E-state index contributed by atoms with van der Waals surface area (Å²) in [7, 11) is 0. The van der Waals surface area contributed by atoms with E-state index < -0.39 is 36.6 Å². The summed E-state index contributed by atoms with van der Waals surface area (Å²) in [6.45, 7) is 1.52. The number of carbonyl (C=O) groups is 1. The Labute approximate surface area is 129 Å². The van der Waals surface area contributed by atoms with E-state index in [1.807, 2.05) is 0 Å². The second kappa shape index (κ2) is 7.18. The van der Waals surface area contributed by atoms with Gasteiger partial charge in [-0.25, -0.2) is 8.78 Å². The van der Waals surface area contributed by atoms with Crippen molar-refractivity contribution in [2.24, 2.45) is 0 Å². The fourth-order valence-corrected chi connectivity index (χ4v) is 2.24. The minimum Gasteiger partial charge on any atom is -0.466 e. The Kier molecular flexibility index (Phi) is 6.10. The molecule has 118 valence electrons. The van der Waals surface area contributed by atoms with Crippen LogP contribution in [0, 0.1) is 3.57 Å². The van der Waals surface area contributed by atoms with E-state index >= 15 is 0 Å². The second-order valence-corrected chi connectivity index (χ2v) is 4.71. The molecule has 0 aliphatic carbocycles. The number of pyridine rings is 1. The molecule has 0 unspecified atom stereocenters. The molecule has 0 saturated heterocycles. The Morgan fingerprint density at radius 2 is 2.05 bits per heavy atom. The molecule has 0 fully saturated rings. The van der Waals surface area contributed by atoms with Crippen molar-refractivity contribution in [3.63, 3.8) is 0 Å². The number of aromatic nitrogens is 1. The third kappa shape index (κ3) is 5.25. The molecule has 0 bridgehead atoms. The van der Waals surface area contributed by atoms with E-state index in [2.05, 4.69) is 14.5 Å². The Hall–Kier alpha value is -1.20. The number of hydrogen-bond acceptors (Lipinski definition) is 4. The largest absolute Gasteiger partial charge is 0.573 e. The maximum absolute atomic E-state index is 12.7. The number of nitrogens with zero attached hydrogens (tertiary/aromatic N) is 1. The fraction of sp³-hybridized carbons (Fsp3) is 0.455. The topological polar surface area (TPSA) is 48.4 Å². The van der Waals surface area contributed by atoms with Crippen LogP contribution in [0.3, 0.4) is 0 Å². The van der Waals surface area contributed by atoms with E-state index in [0.29, 0.717) is 6.20 Å². The van der Waals surface area contributed by atoms with Crippen LogP contribution >= 0.6 is 22.6 Å². The summed E-state index contributed by atoms with van der Waals surface area (Å²) in [5.41, 5.74) is -1.05. The molecule has 0 aromatic carbocycles. The first-order valence-corrected chi connectivity index (χ1v) is 6.60. The van der Waals surface area contributed by atoms with Gasteiger partial charge < -0.3 is 9.47 Å². The van der Waals surface area contributed by atoms with E-state index in [4.69, 9.17) is 0 Å². The van der Waals surface area contributed by atoms with Gasteiger partial charge in [0.1, 0.15) is 5.69 Å². The molecule has 0 aliphatic rings. The second-order valence-electron chi connectivity index (χ2n) is 3.63. The van der Waals surface area contributed by atoms with Gasteiger partial charge >= 0.3 is 12.3 Å². The Balaban J connectivity index is 3.24. The van der Waals surface area contributed by atoms with Gasteiger partial charge in [-0.2, -0.15) is 0 Å². The zero-order valence-electron chi connectivity index (χ0n) is 10.5. The van der Waals surface area contributed by atoms with Crippen molar-refractivity contribution < 1.29 is 36.2 Å². The molecule has 1 rings (SSSR count). The number of ether oxygens (including phenoxy) is 2. The lowest BCUT2D eigenvalue weighted by molar-refractivity contribution is -0.275. The normalized spacial score (nSPS) is 11.6. The monoisotopic (exact) mass is 425 g/mol. The van der Waals surface area contributed by atoms with Gasteiger partial charge in [0.2, 0.25) is 0 Å². The number of esters is 1. The predicted molar refractivity (Wildman–Crippen MR) is 68.9 cm³/mol. The average molecular weight is 425 g/mol. The van der Waals surface area contributed by atoms with E-state index in [9.17, 15) is 26.7 Å². The quantitative estimate of drug-likeness (QED) is 0.411. The fourth-order valence-electron chi connectivity index (χ4n) is 1.41. The lowest BCUT2D eigenvalue weighted by atomic mass is 10.1. The van der Waals surface area contributed by atoms with Crippen LogP contribution in [0.2, 0.25) is 0 Å². The van der Waals surface area contributed by atoms with Crippen LogP contribution in [0.1, 0.15) is 24.6 Å². The van der Waals surface area contributed by atoms with E-state index in [1.54, 1.807) is 0 Å². The molecule has 1 aromatic heterocycles. The summed E-state index contributed by atoms with van der Waals surface area (Å²) >= 11 is 1.40. The maximum atomic E-state index is 12.7. The Bertz CT molecular complexity index is 521. The molecule has 0 N–H and O–H groups in total. The predicted octanol–water partition coefficient (Wildman–Crippen LogP) is 3.63. The van der Waals surface area contributed by atoms with Gasteiger partial charge in [-0.1, -0.05) is 0 Å². The highest BCUT2D eigenvalue weighted by Crippen LogP contribution is 2.33. The van der Waals surface area contributed by atoms with Gasteiger partial charge in [0.05, 0.1) is 19.2 Å². The zero-order valence-corrected chi connectivity index (χ0v) is 12.7. The highest BCUT2D eigenvalue weighted by molar-refractivity contribution is 14.1. The summed E-state index contributed by atoms with van der Waals surface area (Å²) in [6.07, 6.45) is -8.12. The van der Waals surface area contributed by atoms with Gasteiger partial charge in [-0.15, -0.1) is 13.2 Å². The molecular formula is C11H9F5INO3.